The molecule has 0 atom stereocenters. The Morgan fingerprint density at radius 3 is 2.18 bits per heavy atom. The maximum absolute atomic E-state index is 13.7. The van der Waals surface area contributed by atoms with E-state index in [2.05, 4.69) is 0 Å². The van der Waals surface area contributed by atoms with Gasteiger partial charge in [0.1, 0.15) is 5.75 Å². The Morgan fingerprint density at radius 1 is 0.872 bits per heavy atom. The van der Waals surface area contributed by atoms with Gasteiger partial charge in [-0.2, -0.15) is 4.31 Å². The molecular formula is C28H36N2O7S2. The molecule has 0 aliphatic rings. The van der Waals surface area contributed by atoms with Crippen molar-refractivity contribution < 1.29 is 32.2 Å². The number of benzene rings is 2. The summed E-state index contributed by atoms with van der Waals surface area (Å²) in [6.45, 7) is 2.67. The van der Waals surface area contributed by atoms with Gasteiger partial charge in [-0.15, -0.1) is 11.3 Å². The molecule has 3 aromatic rings. The number of methoxy groups -OCH3 is 4. The van der Waals surface area contributed by atoms with Gasteiger partial charge < -0.3 is 23.8 Å². The van der Waals surface area contributed by atoms with Gasteiger partial charge in [-0.25, -0.2) is 8.42 Å². The standard InChI is InChI=1S/C28H36N2O7S2/c1-21-6-10-24(38-21)19-29(15-14-22-7-13-26(36-4)27(18-22)37-5)28(31)20-30(16-17-34-2)39(32,33)25-11-8-23(35-3)9-12-25/h6-13,18H,14-17,19-20H2,1-5H3. The minimum Gasteiger partial charge on any atom is -0.497 e. The molecule has 1 heterocycles. The zero-order chi connectivity index (χ0) is 28.4. The molecule has 1 aromatic heterocycles. The number of nitrogens with zero attached hydrogens (tertiary/aromatic N) is 2. The predicted molar refractivity (Wildman–Crippen MR) is 151 cm³/mol. The van der Waals surface area contributed by atoms with Crippen LogP contribution in [0.1, 0.15) is 15.3 Å². The van der Waals surface area contributed by atoms with Crippen molar-refractivity contribution in [3.8, 4) is 17.2 Å². The van der Waals surface area contributed by atoms with Crippen LogP contribution in [0.2, 0.25) is 0 Å². The van der Waals surface area contributed by atoms with Crippen LogP contribution in [0, 0.1) is 6.92 Å². The van der Waals surface area contributed by atoms with Gasteiger partial charge in [-0.3, -0.25) is 4.79 Å². The molecule has 0 N–H and O–H groups in total. The van der Waals surface area contributed by atoms with E-state index in [4.69, 9.17) is 18.9 Å². The Hall–Kier alpha value is -3.12. The van der Waals surface area contributed by atoms with Crippen LogP contribution >= 0.6 is 11.3 Å². The number of hydrogen-bond donors (Lipinski definition) is 0. The van der Waals surface area contributed by atoms with Crippen LogP contribution in [-0.4, -0.2) is 78.2 Å². The summed E-state index contributed by atoms with van der Waals surface area (Å²) in [4.78, 5) is 17.6. The Balaban J connectivity index is 1.84. The Kier molecular flexibility index (Phi) is 11.2. The second kappa shape index (κ2) is 14.3. The van der Waals surface area contributed by atoms with Gasteiger partial charge in [-0.05, 0) is 67.4 Å². The fourth-order valence-electron chi connectivity index (χ4n) is 3.98. The molecule has 0 radical (unpaired) electrons. The van der Waals surface area contributed by atoms with Crippen molar-refractivity contribution in [1.82, 2.24) is 9.21 Å². The van der Waals surface area contributed by atoms with E-state index in [1.54, 1.807) is 42.6 Å². The zero-order valence-electron chi connectivity index (χ0n) is 23.0. The summed E-state index contributed by atoms with van der Waals surface area (Å²) in [5.74, 6) is 1.48. The van der Waals surface area contributed by atoms with Crippen molar-refractivity contribution in [1.29, 1.82) is 0 Å². The van der Waals surface area contributed by atoms with Crippen LogP contribution in [0.15, 0.2) is 59.5 Å². The molecule has 39 heavy (non-hydrogen) atoms. The lowest BCUT2D eigenvalue weighted by Crippen LogP contribution is -2.44. The summed E-state index contributed by atoms with van der Waals surface area (Å²) >= 11 is 1.61. The smallest absolute Gasteiger partial charge is 0.243 e. The topological polar surface area (TPSA) is 94.6 Å². The minimum atomic E-state index is -3.96. The minimum absolute atomic E-state index is 0.0399. The van der Waals surface area contributed by atoms with E-state index >= 15 is 0 Å². The molecule has 0 spiro atoms. The number of carbonyl (C=O) groups excluding carboxylic acids is 1. The van der Waals surface area contributed by atoms with Crippen molar-refractivity contribution >= 4 is 27.3 Å². The number of amides is 1. The van der Waals surface area contributed by atoms with Crippen molar-refractivity contribution in [2.24, 2.45) is 0 Å². The predicted octanol–water partition coefficient (Wildman–Crippen LogP) is 3.99. The molecule has 11 heteroatoms. The first kappa shape index (κ1) is 30.4. The number of sulfonamides is 1. The lowest BCUT2D eigenvalue weighted by molar-refractivity contribution is -0.132. The van der Waals surface area contributed by atoms with Crippen LogP contribution in [0.4, 0.5) is 0 Å². The van der Waals surface area contributed by atoms with E-state index < -0.39 is 10.0 Å². The van der Waals surface area contributed by atoms with Gasteiger partial charge in [0.05, 0.1) is 45.9 Å². The van der Waals surface area contributed by atoms with Crippen molar-refractivity contribution in [2.45, 2.75) is 24.8 Å². The van der Waals surface area contributed by atoms with Crippen LogP contribution < -0.4 is 14.2 Å². The molecule has 0 aliphatic heterocycles. The fourth-order valence-corrected chi connectivity index (χ4v) is 6.25. The maximum Gasteiger partial charge on any atom is 0.243 e. The molecule has 1 amide bonds. The highest BCUT2D eigenvalue weighted by molar-refractivity contribution is 7.89. The van der Waals surface area contributed by atoms with Crippen LogP contribution in [-0.2, 0) is 32.5 Å². The van der Waals surface area contributed by atoms with Crippen LogP contribution in [0.25, 0.3) is 0 Å². The highest BCUT2D eigenvalue weighted by atomic mass is 32.2. The summed E-state index contributed by atoms with van der Waals surface area (Å²) in [5.41, 5.74) is 0.968. The van der Waals surface area contributed by atoms with E-state index in [0.717, 1.165) is 15.3 Å². The van der Waals surface area contributed by atoms with E-state index in [1.165, 1.54) is 30.7 Å². The van der Waals surface area contributed by atoms with Gasteiger partial charge in [0.2, 0.25) is 15.9 Å². The largest absolute Gasteiger partial charge is 0.497 e. The molecule has 0 aliphatic carbocycles. The molecule has 0 bridgehead atoms. The molecule has 0 saturated heterocycles. The fraction of sp³-hybridized carbons (Fsp3) is 0.393. The Labute approximate surface area is 234 Å². The maximum atomic E-state index is 13.7. The molecule has 0 saturated carbocycles. The normalized spacial score (nSPS) is 11.4. The van der Waals surface area contributed by atoms with Crippen molar-refractivity contribution in [2.75, 3.05) is 54.7 Å². The number of thiophene rings is 1. The molecular weight excluding hydrogens is 540 g/mol. The van der Waals surface area contributed by atoms with E-state index in [1.807, 2.05) is 37.3 Å². The number of rotatable bonds is 15. The number of carbonyl (C=O) groups is 1. The lowest BCUT2D eigenvalue weighted by Gasteiger charge is -2.27. The molecule has 0 unspecified atom stereocenters. The van der Waals surface area contributed by atoms with E-state index in [-0.39, 0.29) is 30.5 Å². The molecule has 212 valence electrons. The Bertz CT molecular complexity index is 1320. The first-order chi connectivity index (χ1) is 18.7. The van der Waals surface area contributed by atoms with E-state index in [0.29, 0.717) is 36.8 Å². The second-order valence-corrected chi connectivity index (χ2v) is 12.1. The number of ether oxygens (including phenoxy) is 4. The lowest BCUT2D eigenvalue weighted by atomic mass is 10.1. The molecule has 9 nitrogen and oxygen atoms in total. The SMILES string of the molecule is COCCN(CC(=O)N(CCc1ccc(OC)c(OC)c1)Cc1ccc(C)s1)S(=O)(=O)c1ccc(OC)cc1. The average molecular weight is 577 g/mol. The summed E-state index contributed by atoms with van der Waals surface area (Å²) < 4.78 is 49.2. The van der Waals surface area contributed by atoms with Gasteiger partial charge in [-0.1, -0.05) is 6.07 Å². The monoisotopic (exact) mass is 576 g/mol. The number of aryl methyl sites for hydroxylation is 1. The third-order valence-corrected chi connectivity index (χ3v) is 9.01. The second-order valence-electron chi connectivity index (χ2n) is 8.77. The van der Waals surface area contributed by atoms with Gasteiger partial charge in [0.15, 0.2) is 11.5 Å². The molecule has 3 rings (SSSR count). The molecule has 0 fully saturated rings. The third kappa shape index (κ3) is 8.18. The average Bonchev–Trinajstić information content (AvgIpc) is 3.37. The van der Waals surface area contributed by atoms with Crippen LogP contribution in [0.5, 0.6) is 17.2 Å². The van der Waals surface area contributed by atoms with Gasteiger partial charge >= 0.3 is 0 Å². The van der Waals surface area contributed by atoms with E-state index in [9.17, 15) is 13.2 Å². The van der Waals surface area contributed by atoms with Crippen molar-refractivity contribution in [3.63, 3.8) is 0 Å². The summed E-state index contributed by atoms with van der Waals surface area (Å²) in [5, 5.41) is 0. The first-order valence-electron chi connectivity index (χ1n) is 12.4. The quantitative estimate of drug-likeness (QED) is 0.270. The summed E-state index contributed by atoms with van der Waals surface area (Å²) in [6, 6.07) is 15.8. The third-order valence-electron chi connectivity index (χ3n) is 6.17. The van der Waals surface area contributed by atoms with Crippen molar-refractivity contribution in [3.05, 3.63) is 69.9 Å². The highest BCUT2D eigenvalue weighted by Crippen LogP contribution is 2.28. The number of hydrogen-bond acceptors (Lipinski definition) is 8. The molecule has 2 aromatic carbocycles. The van der Waals surface area contributed by atoms with Crippen LogP contribution in [0.3, 0.4) is 0 Å². The van der Waals surface area contributed by atoms with Gasteiger partial charge in [0, 0.05) is 30.0 Å². The highest BCUT2D eigenvalue weighted by Gasteiger charge is 2.28. The summed E-state index contributed by atoms with van der Waals surface area (Å²) in [6.07, 6.45) is 0.555. The summed E-state index contributed by atoms with van der Waals surface area (Å²) in [7, 11) is 2.21. The first-order valence-corrected chi connectivity index (χ1v) is 14.6. The zero-order valence-corrected chi connectivity index (χ0v) is 24.6. The Morgan fingerprint density at radius 2 is 1.59 bits per heavy atom. The van der Waals surface area contributed by atoms with Gasteiger partial charge in [0.25, 0.3) is 0 Å².